The van der Waals surface area contributed by atoms with Gasteiger partial charge in [-0.2, -0.15) is 11.8 Å². The van der Waals surface area contributed by atoms with Crippen LogP contribution in [-0.4, -0.2) is 75.9 Å². The SMILES string of the molecule is CSCC[C@H](NP(=O)(OCc1ccccc1)OCc1ccccc1)C(=O)N1CCC[C@H]1C(=O)N1CCC[C@H]1C(=O)O. The first-order valence-electron chi connectivity index (χ1n) is 13.9. The van der Waals surface area contributed by atoms with Crippen LogP contribution in [0.1, 0.15) is 43.2 Å². The average Bonchev–Trinajstić information content (AvgIpc) is 3.69. The van der Waals surface area contributed by atoms with E-state index in [1.807, 2.05) is 66.9 Å². The lowest BCUT2D eigenvalue weighted by Crippen LogP contribution is -2.54. The van der Waals surface area contributed by atoms with E-state index >= 15 is 0 Å². The second-order valence-electron chi connectivity index (χ2n) is 10.2. The molecule has 2 N–H and O–H groups in total. The van der Waals surface area contributed by atoms with Gasteiger partial charge in [-0.15, -0.1) is 0 Å². The minimum atomic E-state index is -4.01. The molecule has 2 aromatic rings. The van der Waals surface area contributed by atoms with Gasteiger partial charge in [-0.05, 0) is 55.2 Å². The van der Waals surface area contributed by atoms with E-state index in [1.165, 1.54) is 9.80 Å². The van der Waals surface area contributed by atoms with Gasteiger partial charge in [0, 0.05) is 13.1 Å². The van der Waals surface area contributed by atoms with Gasteiger partial charge in [0.15, 0.2) is 0 Å². The molecule has 10 nitrogen and oxygen atoms in total. The Bertz CT molecular complexity index is 1170. The van der Waals surface area contributed by atoms with E-state index in [0.717, 1.165) is 11.1 Å². The number of likely N-dealkylation sites (tertiary alicyclic amines) is 2. The standard InChI is InChI=1S/C29H38N3O7PS/c1-41-19-16-24(27(33)31-17-8-14-25(31)28(34)32-18-9-15-26(32)29(35)36)30-40(37,38-20-22-10-4-2-5-11-22)39-21-23-12-6-3-7-13-23/h2-7,10-13,24-26H,8-9,14-21H2,1H3,(H,30,37)(H,35,36)/t24-,25-,26-/m0/s1. The Hall–Kier alpha value is -2.69. The molecule has 2 aromatic carbocycles. The van der Waals surface area contributed by atoms with Crippen molar-refractivity contribution in [1.82, 2.24) is 14.9 Å². The van der Waals surface area contributed by atoms with E-state index in [2.05, 4.69) is 5.09 Å². The second kappa shape index (κ2) is 15.0. The molecule has 3 atom stereocenters. The number of nitrogens with one attached hydrogen (secondary N) is 1. The van der Waals surface area contributed by atoms with E-state index in [4.69, 9.17) is 9.05 Å². The molecule has 0 unspecified atom stereocenters. The van der Waals surface area contributed by atoms with Crippen LogP contribution in [0.15, 0.2) is 60.7 Å². The van der Waals surface area contributed by atoms with Crippen LogP contribution in [-0.2, 0) is 41.2 Å². The Morgan fingerprint density at radius 1 is 0.927 bits per heavy atom. The van der Waals surface area contributed by atoms with Crippen molar-refractivity contribution in [2.45, 2.75) is 63.4 Å². The van der Waals surface area contributed by atoms with Crippen molar-refractivity contribution in [3.63, 3.8) is 0 Å². The van der Waals surface area contributed by atoms with Gasteiger partial charge < -0.3 is 14.9 Å². The predicted molar refractivity (Wildman–Crippen MR) is 157 cm³/mol. The highest BCUT2D eigenvalue weighted by atomic mass is 32.2. The number of hydrogen-bond acceptors (Lipinski definition) is 7. The third-order valence-electron chi connectivity index (χ3n) is 7.35. The van der Waals surface area contributed by atoms with Crippen LogP contribution >= 0.6 is 19.5 Å². The summed E-state index contributed by atoms with van der Waals surface area (Å²) >= 11 is 1.54. The van der Waals surface area contributed by atoms with Crippen molar-refractivity contribution >= 4 is 37.3 Å². The Morgan fingerprint density at radius 3 is 2.00 bits per heavy atom. The second-order valence-corrected chi connectivity index (χ2v) is 13.0. The quantitative estimate of drug-likeness (QED) is 0.304. The molecule has 222 valence electrons. The van der Waals surface area contributed by atoms with E-state index < -0.39 is 31.8 Å². The van der Waals surface area contributed by atoms with Crippen molar-refractivity contribution in [2.75, 3.05) is 25.1 Å². The van der Waals surface area contributed by atoms with E-state index in [-0.39, 0.29) is 25.0 Å². The van der Waals surface area contributed by atoms with Gasteiger partial charge in [0.25, 0.3) is 0 Å². The van der Waals surface area contributed by atoms with Crippen molar-refractivity contribution in [3.05, 3.63) is 71.8 Å². The minimum absolute atomic E-state index is 0.0136. The number of carbonyl (C=O) groups is 3. The van der Waals surface area contributed by atoms with E-state index in [0.29, 0.717) is 50.9 Å². The van der Waals surface area contributed by atoms with Crippen molar-refractivity contribution in [2.24, 2.45) is 0 Å². The highest BCUT2D eigenvalue weighted by molar-refractivity contribution is 7.98. The average molecular weight is 604 g/mol. The summed E-state index contributed by atoms with van der Waals surface area (Å²) in [4.78, 5) is 42.0. The Kier molecular flexibility index (Phi) is 11.4. The fourth-order valence-electron chi connectivity index (χ4n) is 5.22. The number of benzene rings is 2. The lowest BCUT2D eigenvalue weighted by Gasteiger charge is -2.33. The summed E-state index contributed by atoms with van der Waals surface area (Å²) in [5.74, 6) is -1.14. The summed E-state index contributed by atoms with van der Waals surface area (Å²) in [5, 5.41) is 12.5. The molecule has 2 fully saturated rings. The zero-order chi connectivity index (χ0) is 29.2. The molecule has 41 heavy (non-hydrogen) atoms. The molecular weight excluding hydrogens is 565 g/mol. The molecule has 0 aliphatic carbocycles. The zero-order valence-electron chi connectivity index (χ0n) is 23.2. The molecule has 0 spiro atoms. The molecule has 4 rings (SSSR count). The van der Waals surface area contributed by atoms with Gasteiger partial charge in [-0.3, -0.25) is 18.6 Å². The fourth-order valence-corrected chi connectivity index (χ4v) is 7.17. The maximum absolute atomic E-state index is 14.1. The minimum Gasteiger partial charge on any atom is -0.480 e. The normalized spacial score (nSPS) is 19.8. The number of carboxylic acids is 1. The number of nitrogens with zero attached hydrogens (tertiary/aromatic N) is 2. The van der Waals surface area contributed by atoms with Crippen LogP contribution in [0.4, 0.5) is 0 Å². The van der Waals surface area contributed by atoms with Crippen LogP contribution in [0.3, 0.4) is 0 Å². The topological polar surface area (TPSA) is 125 Å². The van der Waals surface area contributed by atoms with Gasteiger partial charge in [0.2, 0.25) is 11.8 Å². The first-order chi connectivity index (χ1) is 19.8. The number of carboxylic acid groups (broad SMARTS) is 1. The van der Waals surface area contributed by atoms with Gasteiger partial charge >= 0.3 is 13.7 Å². The van der Waals surface area contributed by atoms with Crippen molar-refractivity contribution < 1.29 is 33.1 Å². The van der Waals surface area contributed by atoms with Gasteiger partial charge in [0.05, 0.1) is 19.3 Å². The number of hydrogen-bond donors (Lipinski definition) is 2. The van der Waals surface area contributed by atoms with Crippen LogP contribution in [0.25, 0.3) is 0 Å². The first-order valence-corrected chi connectivity index (χ1v) is 16.8. The molecular formula is C29H38N3O7PS. The van der Waals surface area contributed by atoms with Crippen LogP contribution in [0.5, 0.6) is 0 Å². The van der Waals surface area contributed by atoms with E-state index in [1.54, 1.807) is 11.8 Å². The summed E-state index contributed by atoms with van der Waals surface area (Å²) in [7, 11) is -4.01. The Labute approximate surface area is 245 Å². The predicted octanol–water partition coefficient (Wildman–Crippen LogP) is 4.31. The summed E-state index contributed by atoms with van der Waals surface area (Å²) in [6, 6.07) is 16.0. The van der Waals surface area contributed by atoms with Gasteiger partial charge in [-0.25, -0.2) is 14.4 Å². The molecule has 0 aromatic heterocycles. The van der Waals surface area contributed by atoms with Crippen LogP contribution in [0.2, 0.25) is 0 Å². The molecule has 2 amide bonds. The molecule has 2 saturated heterocycles. The van der Waals surface area contributed by atoms with Crippen LogP contribution < -0.4 is 5.09 Å². The molecule has 2 aliphatic heterocycles. The zero-order valence-corrected chi connectivity index (χ0v) is 24.9. The summed E-state index contributed by atoms with van der Waals surface area (Å²) in [6.45, 7) is 0.746. The molecule has 12 heteroatoms. The van der Waals surface area contributed by atoms with Gasteiger partial charge in [0.1, 0.15) is 12.1 Å². The highest BCUT2D eigenvalue weighted by Crippen LogP contribution is 2.46. The molecule has 0 saturated carbocycles. The monoisotopic (exact) mass is 603 g/mol. The van der Waals surface area contributed by atoms with Gasteiger partial charge in [-0.1, -0.05) is 60.7 Å². The lowest BCUT2D eigenvalue weighted by molar-refractivity contribution is -0.152. The maximum atomic E-state index is 14.1. The molecule has 2 heterocycles. The number of rotatable bonds is 14. The molecule has 0 radical (unpaired) electrons. The van der Waals surface area contributed by atoms with Crippen LogP contribution in [0, 0.1) is 0 Å². The number of aliphatic carboxylic acids is 1. The summed E-state index contributed by atoms with van der Waals surface area (Å²) in [6.07, 6.45) is 4.35. The number of amides is 2. The largest absolute Gasteiger partial charge is 0.480 e. The third-order valence-corrected chi connectivity index (χ3v) is 9.56. The van der Waals surface area contributed by atoms with Crippen molar-refractivity contribution in [3.8, 4) is 0 Å². The molecule has 0 bridgehead atoms. The Balaban J connectivity index is 1.53. The van der Waals surface area contributed by atoms with E-state index in [9.17, 15) is 24.1 Å². The number of thioether (sulfide) groups is 1. The van der Waals surface area contributed by atoms with Crippen molar-refractivity contribution in [1.29, 1.82) is 0 Å². The Morgan fingerprint density at radius 2 is 1.46 bits per heavy atom. The summed E-state index contributed by atoms with van der Waals surface area (Å²) < 4.78 is 25.8. The number of carbonyl (C=O) groups excluding carboxylic acids is 2. The highest BCUT2D eigenvalue weighted by Gasteiger charge is 2.44. The summed E-state index contributed by atoms with van der Waals surface area (Å²) in [5.41, 5.74) is 1.60. The maximum Gasteiger partial charge on any atom is 0.406 e. The smallest absolute Gasteiger partial charge is 0.406 e. The molecule has 2 aliphatic rings. The third kappa shape index (κ3) is 8.42. The fraction of sp³-hybridized carbons (Fsp3) is 0.483. The lowest BCUT2D eigenvalue weighted by atomic mass is 10.1. The first kappa shape index (κ1) is 31.3.